The van der Waals surface area contributed by atoms with Gasteiger partial charge in [-0.3, -0.25) is 4.79 Å². The lowest BCUT2D eigenvalue weighted by molar-refractivity contribution is -0.116. The standard InChI is InChI=1S/C25H20F3N3O2/c1-16-21(13-14-24(32)29-19-6-4-5-18(27)15-19)25(33-23-8-3-2-7-22(23)28)31(30-16)20-11-9-17(26)10-12-20/h2-12,15H,13-14H2,1H3,(H,29,32). The van der Waals surface area contributed by atoms with Crippen LogP contribution in [0, 0.1) is 24.4 Å². The van der Waals surface area contributed by atoms with Gasteiger partial charge in [0.2, 0.25) is 11.8 Å². The predicted octanol–water partition coefficient (Wildman–Crippen LogP) is 5.96. The first-order chi connectivity index (χ1) is 15.9. The molecule has 0 unspecified atom stereocenters. The van der Waals surface area contributed by atoms with Gasteiger partial charge in [0.05, 0.1) is 11.4 Å². The van der Waals surface area contributed by atoms with Crippen molar-refractivity contribution < 1.29 is 22.7 Å². The fraction of sp³-hybridized carbons (Fsp3) is 0.120. The lowest BCUT2D eigenvalue weighted by Crippen LogP contribution is -2.12. The molecule has 0 aliphatic heterocycles. The number of anilines is 1. The molecule has 4 aromatic rings. The van der Waals surface area contributed by atoms with Crippen LogP contribution in [-0.2, 0) is 11.2 Å². The van der Waals surface area contributed by atoms with E-state index in [1.807, 2.05) is 0 Å². The van der Waals surface area contributed by atoms with E-state index in [4.69, 9.17) is 4.74 Å². The van der Waals surface area contributed by atoms with Crippen molar-refractivity contribution in [2.45, 2.75) is 19.8 Å². The van der Waals surface area contributed by atoms with Crippen molar-refractivity contribution >= 4 is 11.6 Å². The van der Waals surface area contributed by atoms with Crippen molar-refractivity contribution in [1.82, 2.24) is 9.78 Å². The van der Waals surface area contributed by atoms with Gasteiger partial charge in [0.1, 0.15) is 11.6 Å². The van der Waals surface area contributed by atoms with Gasteiger partial charge in [0, 0.05) is 17.7 Å². The molecule has 0 atom stereocenters. The molecule has 0 bridgehead atoms. The van der Waals surface area contributed by atoms with Crippen molar-refractivity contribution in [3.05, 3.63) is 102 Å². The van der Waals surface area contributed by atoms with Crippen molar-refractivity contribution in [2.75, 3.05) is 5.32 Å². The van der Waals surface area contributed by atoms with E-state index in [2.05, 4.69) is 10.4 Å². The number of carbonyl (C=O) groups is 1. The summed E-state index contributed by atoms with van der Waals surface area (Å²) >= 11 is 0. The van der Waals surface area contributed by atoms with Gasteiger partial charge in [-0.05, 0) is 67.9 Å². The SMILES string of the molecule is Cc1nn(-c2ccc(F)cc2)c(Oc2ccccc2F)c1CCC(=O)Nc1cccc(F)c1. The molecule has 1 N–H and O–H groups in total. The Labute approximate surface area is 188 Å². The Balaban J connectivity index is 1.63. The average Bonchev–Trinajstić information content (AvgIpc) is 3.09. The molecule has 5 nitrogen and oxygen atoms in total. The molecule has 33 heavy (non-hydrogen) atoms. The first-order valence-corrected chi connectivity index (χ1v) is 10.2. The molecule has 0 radical (unpaired) electrons. The topological polar surface area (TPSA) is 56.2 Å². The maximum atomic E-state index is 14.3. The molecule has 3 aromatic carbocycles. The monoisotopic (exact) mass is 451 g/mol. The van der Waals surface area contributed by atoms with Gasteiger partial charge in [-0.25, -0.2) is 17.9 Å². The van der Waals surface area contributed by atoms with Crippen LogP contribution >= 0.6 is 0 Å². The Kier molecular flexibility index (Phi) is 6.44. The van der Waals surface area contributed by atoms with Gasteiger partial charge >= 0.3 is 0 Å². The number of aromatic nitrogens is 2. The number of hydrogen-bond acceptors (Lipinski definition) is 3. The van der Waals surface area contributed by atoms with Crippen molar-refractivity contribution in [3.63, 3.8) is 0 Å². The number of ether oxygens (including phenoxy) is 1. The number of rotatable bonds is 7. The highest BCUT2D eigenvalue weighted by Crippen LogP contribution is 2.32. The summed E-state index contributed by atoms with van der Waals surface area (Å²) < 4.78 is 48.4. The quantitative estimate of drug-likeness (QED) is 0.377. The van der Waals surface area contributed by atoms with E-state index in [0.29, 0.717) is 22.6 Å². The second-order valence-corrected chi connectivity index (χ2v) is 7.35. The van der Waals surface area contributed by atoms with Gasteiger partial charge in [-0.1, -0.05) is 18.2 Å². The Morgan fingerprint density at radius 3 is 2.45 bits per heavy atom. The van der Waals surface area contributed by atoms with E-state index in [1.54, 1.807) is 25.1 Å². The first kappa shape index (κ1) is 22.1. The number of aryl methyl sites for hydroxylation is 1. The molecular formula is C25H20F3N3O2. The van der Waals surface area contributed by atoms with Crippen LogP contribution in [0.3, 0.4) is 0 Å². The van der Waals surface area contributed by atoms with E-state index in [9.17, 15) is 18.0 Å². The van der Waals surface area contributed by atoms with Crippen LogP contribution in [-0.4, -0.2) is 15.7 Å². The second kappa shape index (κ2) is 9.60. The number of para-hydroxylation sites is 1. The zero-order valence-electron chi connectivity index (χ0n) is 17.7. The average molecular weight is 451 g/mol. The summed E-state index contributed by atoms with van der Waals surface area (Å²) in [6.45, 7) is 1.74. The summed E-state index contributed by atoms with van der Waals surface area (Å²) in [5, 5.41) is 7.12. The molecule has 168 valence electrons. The highest BCUT2D eigenvalue weighted by atomic mass is 19.1. The summed E-state index contributed by atoms with van der Waals surface area (Å²) in [6.07, 6.45) is 0.290. The highest BCUT2D eigenvalue weighted by molar-refractivity contribution is 5.90. The Morgan fingerprint density at radius 2 is 1.73 bits per heavy atom. The molecular weight excluding hydrogens is 431 g/mol. The van der Waals surface area contributed by atoms with Gasteiger partial charge in [-0.15, -0.1) is 0 Å². The second-order valence-electron chi connectivity index (χ2n) is 7.35. The number of halogens is 3. The van der Waals surface area contributed by atoms with Crippen LogP contribution in [0.4, 0.5) is 18.9 Å². The Morgan fingerprint density at radius 1 is 0.970 bits per heavy atom. The zero-order valence-corrected chi connectivity index (χ0v) is 17.7. The predicted molar refractivity (Wildman–Crippen MR) is 118 cm³/mol. The van der Waals surface area contributed by atoms with Gasteiger partial charge in [-0.2, -0.15) is 5.10 Å². The minimum absolute atomic E-state index is 0.00813. The molecule has 0 aliphatic rings. The third-order valence-electron chi connectivity index (χ3n) is 4.96. The van der Waals surface area contributed by atoms with E-state index in [-0.39, 0.29) is 30.4 Å². The van der Waals surface area contributed by atoms with Crippen LogP contribution in [0.25, 0.3) is 5.69 Å². The fourth-order valence-corrected chi connectivity index (χ4v) is 3.35. The Hall–Kier alpha value is -4.07. The summed E-state index contributed by atoms with van der Waals surface area (Å²) in [7, 11) is 0. The smallest absolute Gasteiger partial charge is 0.226 e. The van der Waals surface area contributed by atoms with Crippen LogP contribution in [0.1, 0.15) is 17.7 Å². The molecule has 1 aromatic heterocycles. The minimum atomic E-state index is -0.559. The van der Waals surface area contributed by atoms with Crippen LogP contribution in [0.5, 0.6) is 11.6 Å². The van der Waals surface area contributed by atoms with Crippen LogP contribution in [0.15, 0.2) is 72.8 Å². The van der Waals surface area contributed by atoms with Crippen molar-refractivity contribution in [3.8, 4) is 17.3 Å². The van der Waals surface area contributed by atoms with E-state index in [1.165, 1.54) is 59.3 Å². The zero-order chi connectivity index (χ0) is 23.4. The maximum Gasteiger partial charge on any atom is 0.226 e. The number of carbonyl (C=O) groups excluding carboxylic acids is 1. The first-order valence-electron chi connectivity index (χ1n) is 10.2. The van der Waals surface area contributed by atoms with E-state index >= 15 is 0 Å². The summed E-state index contributed by atoms with van der Waals surface area (Å²) in [4.78, 5) is 12.4. The summed E-state index contributed by atoms with van der Waals surface area (Å²) in [5.74, 6) is -1.53. The third-order valence-corrected chi connectivity index (χ3v) is 4.96. The summed E-state index contributed by atoms with van der Waals surface area (Å²) in [6, 6.07) is 17.1. The maximum absolute atomic E-state index is 14.3. The van der Waals surface area contributed by atoms with Crippen molar-refractivity contribution in [2.24, 2.45) is 0 Å². The van der Waals surface area contributed by atoms with Crippen molar-refractivity contribution in [1.29, 1.82) is 0 Å². The van der Waals surface area contributed by atoms with Crippen LogP contribution < -0.4 is 10.1 Å². The number of hydrogen-bond donors (Lipinski definition) is 1. The molecule has 1 amide bonds. The molecule has 0 fully saturated rings. The molecule has 0 aliphatic carbocycles. The molecule has 4 rings (SSSR count). The molecule has 1 heterocycles. The molecule has 0 saturated carbocycles. The fourth-order valence-electron chi connectivity index (χ4n) is 3.35. The number of nitrogens with one attached hydrogen (secondary N) is 1. The van der Waals surface area contributed by atoms with E-state index in [0.717, 1.165) is 0 Å². The largest absolute Gasteiger partial charge is 0.436 e. The summed E-state index contributed by atoms with van der Waals surface area (Å²) in [5.41, 5.74) is 2.03. The van der Waals surface area contributed by atoms with Gasteiger partial charge < -0.3 is 10.1 Å². The van der Waals surface area contributed by atoms with E-state index < -0.39 is 17.5 Å². The van der Waals surface area contributed by atoms with Gasteiger partial charge in [0.25, 0.3) is 0 Å². The lowest BCUT2D eigenvalue weighted by atomic mass is 10.1. The molecule has 0 saturated heterocycles. The highest BCUT2D eigenvalue weighted by Gasteiger charge is 2.21. The minimum Gasteiger partial charge on any atom is -0.436 e. The van der Waals surface area contributed by atoms with Crippen LogP contribution in [0.2, 0.25) is 0 Å². The number of nitrogens with zero attached hydrogens (tertiary/aromatic N) is 2. The number of amides is 1. The third kappa shape index (κ3) is 5.23. The number of benzene rings is 3. The molecule has 0 spiro atoms. The normalized spacial score (nSPS) is 10.8. The lowest BCUT2D eigenvalue weighted by Gasteiger charge is -2.12. The Bertz CT molecular complexity index is 1290. The molecule has 8 heteroatoms. The van der Waals surface area contributed by atoms with Gasteiger partial charge in [0.15, 0.2) is 11.6 Å².